The summed E-state index contributed by atoms with van der Waals surface area (Å²) in [5.74, 6) is -1.23. The highest BCUT2D eigenvalue weighted by Crippen LogP contribution is 2.18. The van der Waals surface area contributed by atoms with Gasteiger partial charge in [-0.25, -0.2) is 0 Å². The third-order valence-electron chi connectivity index (χ3n) is 5.67. The van der Waals surface area contributed by atoms with Crippen LogP contribution < -0.4 is 0 Å². The molecule has 3 rings (SSSR count). The van der Waals surface area contributed by atoms with Crippen molar-refractivity contribution in [2.24, 2.45) is 0 Å². The van der Waals surface area contributed by atoms with Gasteiger partial charge in [-0.15, -0.1) is 0 Å². The van der Waals surface area contributed by atoms with E-state index in [4.69, 9.17) is 0 Å². The number of aromatic amines is 1. The van der Waals surface area contributed by atoms with E-state index in [1.165, 1.54) is 9.80 Å². The maximum Gasteiger partial charge on any atom is 0.312 e. The molecule has 0 unspecified atom stereocenters. The summed E-state index contributed by atoms with van der Waals surface area (Å²) in [7, 11) is 1.75. The summed E-state index contributed by atoms with van der Waals surface area (Å²) in [6, 6.07) is 12.2. The average Bonchev–Trinajstić information content (AvgIpc) is 3.26. The van der Waals surface area contributed by atoms with Crippen molar-refractivity contribution in [3.8, 4) is 11.3 Å². The standard InChI is InChI=1S/C23H31N5O3/c1-3-27-14-15-28(23(31)22(27)30)17-21(29)26(2)13-9-5-8-12-19-16-20(25-24-19)18-10-6-4-7-11-18/h4,6-7,10-11,16H,3,5,8-9,12-15,17H2,1-2H3,(H,24,25). The number of aromatic nitrogens is 2. The van der Waals surface area contributed by atoms with Gasteiger partial charge in [0.05, 0.1) is 5.69 Å². The van der Waals surface area contributed by atoms with Crippen LogP contribution in [0.4, 0.5) is 0 Å². The van der Waals surface area contributed by atoms with Gasteiger partial charge in [0.15, 0.2) is 0 Å². The number of unbranched alkanes of at least 4 members (excludes halogenated alkanes) is 2. The molecule has 0 radical (unpaired) electrons. The van der Waals surface area contributed by atoms with Crippen molar-refractivity contribution in [1.82, 2.24) is 24.9 Å². The number of H-pyrrole nitrogens is 1. The van der Waals surface area contributed by atoms with E-state index in [2.05, 4.69) is 16.3 Å². The molecule has 0 spiro atoms. The first-order valence-electron chi connectivity index (χ1n) is 10.9. The maximum atomic E-state index is 12.4. The molecule has 0 aliphatic carbocycles. The third kappa shape index (κ3) is 5.93. The van der Waals surface area contributed by atoms with Crippen molar-refractivity contribution in [1.29, 1.82) is 0 Å². The Morgan fingerprint density at radius 2 is 1.77 bits per heavy atom. The molecular formula is C23H31N5O3. The number of carbonyl (C=O) groups excluding carboxylic acids is 3. The fourth-order valence-corrected chi connectivity index (χ4v) is 3.66. The number of amides is 3. The summed E-state index contributed by atoms with van der Waals surface area (Å²) in [4.78, 5) is 41.0. The Labute approximate surface area is 183 Å². The van der Waals surface area contributed by atoms with Gasteiger partial charge in [-0.1, -0.05) is 36.8 Å². The zero-order valence-corrected chi connectivity index (χ0v) is 18.3. The normalized spacial score (nSPS) is 14.3. The molecule has 1 aromatic carbocycles. The molecule has 0 atom stereocenters. The Kier molecular flexibility index (Phi) is 7.81. The number of likely N-dealkylation sites (N-methyl/N-ethyl adjacent to an activating group) is 2. The quantitative estimate of drug-likeness (QED) is 0.465. The number of benzene rings is 1. The number of nitrogens with zero attached hydrogens (tertiary/aromatic N) is 4. The summed E-state index contributed by atoms with van der Waals surface area (Å²) < 4.78 is 0. The fraction of sp³-hybridized carbons (Fsp3) is 0.478. The van der Waals surface area contributed by atoms with Gasteiger partial charge < -0.3 is 14.7 Å². The van der Waals surface area contributed by atoms with E-state index in [1.807, 2.05) is 37.3 Å². The zero-order valence-electron chi connectivity index (χ0n) is 18.3. The largest absolute Gasteiger partial charge is 0.344 e. The molecule has 8 nitrogen and oxygen atoms in total. The average molecular weight is 426 g/mol. The smallest absolute Gasteiger partial charge is 0.312 e. The zero-order chi connectivity index (χ0) is 22.2. The van der Waals surface area contributed by atoms with Crippen molar-refractivity contribution in [3.63, 3.8) is 0 Å². The van der Waals surface area contributed by atoms with Gasteiger partial charge in [0, 0.05) is 44.5 Å². The fourth-order valence-electron chi connectivity index (χ4n) is 3.66. The predicted molar refractivity (Wildman–Crippen MR) is 118 cm³/mol. The first-order valence-corrected chi connectivity index (χ1v) is 10.9. The van der Waals surface area contributed by atoms with Crippen LogP contribution in [0.1, 0.15) is 31.9 Å². The van der Waals surface area contributed by atoms with Crippen molar-refractivity contribution in [3.05, 3.63) is 42.1 Å². The van der Waals surface area contributed by atoms with Crippen molar-refractivity contribution < 1.29 is 14.4 Å². The minimum absolute atomic E-state index is 0.0327. The number of aryl methyl sites for hydroxylation is 1. The molecule has 1 aromatic heterocycles. The minimum Gasteiger partial charge on any atom is -0.344 e. The molecule has 1 aliphatic heterocycles. The van der Waals surface area contributed by atoms with Crippen LogP contribution in [0, 0.1) is 0 Å². The molecule has 1 N–H and O–H groups in total. The highest BCUT2D eigenvalue weighted by Gasteiger charge is 2.32. The van der Waals surface area contributed by atoms with Crippen molar-refractivity contribution in [2.45, 2.75) is 32.6 Å². The van der Waals surface area contributed by atoms with E-state index in [9.17, 15) is 14.4 Å². The number of piperazine rings is 1. The van der Waals surface area contributed by atoms with Crippen LogP contribution in [0.15, 0.2) is 36.4 Å². The van der Waals surface area contributed by atoms with Gasteiger partial charge in [0.25, 0.3) is 0 Å². The van der Waals surface area contributed by atoms with Gasteiger partial charge in [-0.2, -0.15) is 5.10 Å². The van der Waals surface area contributed by atoms with E-state index >= 15 is 0 Å². The second-order valence-electron chi connectivity index (χ2n) is 7.88. The van der Waals surface area contributed by atoms with Gasteiger partial charge in [-0.05, 0) is 32.3 Å². The van der Waals surface area contributed by atoms with Crippen molar-refractivity contribution in [2.75, 3.05) is 39.8 Å². The second kappa shape index (κ2) is 10.7. The number of hydrogen-bond donors (Lipinski definition) is 1. The molecule has 3 amide bonds. The SMILES string of the molecule is CCN1CCN(CC(=O)N(C)CCCCCc2cc(-c3ccccc3)n[nH]2)C(=O)C1=O. The molecule has 2 aromatic rings. The van der Waals surface area contributed by atoms with Crippen molar-refractivity contribution >= 4 is 17.7 Å². The lowest BCUT2D eigenvalue weighted by molar-refractivity contribution is -0.157. The van der Waals surface area contributed by atoms with Crippen LogP contribution in [0.2, 0.25) is 0 Å². The molecular weight excluding hydrogens is 394 g/mol. The Balaban J connectivity index is 1.34. The highest BCUT2D eigenvalue weighted by atomic mass is 16.2. The summed E-state index contributed by atoms with van der Waals surface area (Å²) >= 11 is 0. The van der Waals surface area contributed by atoms with Crippen LogP contribution in [0.25, 0.3) is 11.3 Å². The van der Waals surface area contributed by atoms with Crippen LogP contribution in [-0.2, 0) is 20.8 Å². The first-order chi connectivity index (χ1) is 15.0. The molecule has 31 heavy (non-hydrogen) atoms. The second-order valence-corrected chi connectivity index (χ2v) is 7.88. The third-order valence-corrected chi connectivity index (χ3v) is 5.67. The molecule has 166 valence electrons. The summed E-state index contributed by atoms with van der Waals surface area (Å²) in [5.41, 5.74) is 3.16. The summed E-state index contributed by atoms with van der Waals surface area (Å²) in [6.45, 7) is 3.85. The predicted octanol–water partition coefficient (Wildman–Crippen LogP) is 1.94. The highest BCUT2D eigenvalue weighted by molar-refractivity contribution is 6.35. The molecule has 1 saturated heterocycles. The molecule has 0 saturated carbocycles. The number of rotatable bonds is 10. The van der Waals surface area contributed by atoms with E-state index < -0.39 is 11.8 Å². The van der Waals surface area contributed by atoms with Gasteiger partial charge in [0.1, 0.15) is 6.54 Å². The molecule has 2 heterocycles. The lowest BCUT2D eigenvalue weighted by Gasteiger charge is -2.33. The lowest BCUT2D eigenvalue weighted by atomic mass is 10.1. The van der Waals surface area contributed by atoms with E-state index in [0.717, 1.165) is 42.6 Å². The topological polar surface area (TPSA) is 89.6 Å². The maximum absolute atomic E-state index is 12.4. The summed E-state index contributed by atoms with van der Waals surface area (Å²) in [5, 5.41) is 7.48. The Morgan fingerprint density at radius 1 is 1.06 bits per heavy atom. The molecule has 1 aliphatic rings. The molecule has 8 heteroatoms. The first kappa shape index (κ1) is 22.5. The van der Waals surface area contributed by atoms with Gasteiger partial charge >= 0.3 is 11.8 Å². The van der Waals surface area contributed by atoms with Gasteiger partial charge in [0.2, 0.25) is 5.91 Å². The summed E-state index contributed by atoms with van der Waals surface area (Å²) in [6.07, 6.45) is 3.79. The number of hydrogen-bond acceptors (Lipinski definition) is 4. The monoisotopic (exact) mass is 425 g/mol. The van der Waals surface area contributed by atoms with Crippen LogP contribution in [0.5, 0.6) is 0 Å². The lowest BCUT2D eigenvalue weighted by Crippen LogP contribution is -2.56. The number of nitrogens with one attached hydrogen (secondary N) is 1. The van der Waals surface area contributed by atoms with E-state index in [1.54, 1.807) is 11.9 Å². The Bertz CT molecular complexity index is 896. The van der Waals surface area contributed by atoms with Crippen LogP contribution in [0.3, 0.4) is 0 Å². The van der Waals surface area contributed by atoms with Crippen LogP contribution in [-0.4, -0.2) is 82.4 Å². The van der Waals surface area contributed by atoms with E-state index in [0.29, 0.717) is 26.2 Å². The van der Waals surface area contributed by atoms with Gasteiger partial charge in [-0.3, -0.25) is 19.5 Å². The molecule has 0 bridgehead atoms. The minimum atomic E-state index is -0.579. The molecule has 1 fully saturated rings. The Hall–Kier alpha value is -3.16. The van der Waals surface area contributed by atoms with E-state index in [-0.39, 0.29) is 12.5 Å². The van der Waals surface area contributed by atoms with Crippen LogP contribution >= 0.6 is 0 Å². The Morgan fingerprint density at radius 3 is 2.52 bits per heavy atom. The number of carbonyl (C=O) groups is 3.